The number of fused-ring (bicyclic) bond motifs is 1. The first kappa shape index (κ1) is 16.5. The van der Waals surface area contributed by atoms with Gasteiger partial charge in [0.2, 0.25) is 0 Å². The van der Waals surface area contributed by atoms with Gasteiger partial charge in [-0.2, -0.15) is 0 Å². The first-order valence-electron chi connectivity index (χ1n) is 8.29. The van der Waals surface area contributed by atoms with Crippen LogP contribution in [-0.2, 0) is 4.74 Å². The van der Waals surface area contributed by atoms with Gasteiger partial charge in [-0.25, -0.2) is 14.8 Å². The Bertz CT molecular complexity index is 749. The van der Waals surface area contributed by atoms with Gasteiger partial charge in [0, 0.05) is 31.9 Å². The monoisotopic (exact) mass is 331 g/mol. The van der Waals surface area contributed by atoms with Gasteiger partial charge < -0.3 is 19.5 Å². The highest BCUT2D eigenvalue weighted by Crippen LogP contribution is 2.27. The Hall–Kier alpha value is -2.31. The summed E-state index contributed by atoms with van der Waals surface area (Å²) in [6, 6.07) is 0.0536. The molecule has 2 aromatic heterocycles. The number of ether oxygens (including phenoxy) is 1. The van der Waals surface area contributed by atoms with Crippen LogP contribution >= 0.6 is 0 Å². The molecule has 0 saturated carbocycles. The van der Waals surface area contributed by atoms with E-state index in [2.05, 4.69) is 19.9 Å². The second-order valence-corrected chi connectivity index (χ2v) is 7.36. The predicted molar refractivity (Wildman–Crippen MR) is 93.2 cm³/mol. The molecule has 0 radical (unpaired) electrons. The van der Waals surface area contributed by atoms with Crippen molar-refractivity contribution in [2.24, 2.45) is 0 Å². The van der Waals surface area contributed by atoms with Crippen molar-refractivity contribution in [1.29, 1.82) is 0 Å². The van der Waals surface area contributed by atoms with Crippen molar-refractivity contribution in [3.8, 4) is 0 Å². The SMILES string of the molecule is Cc1c[nH]c2ncnc(N3CCN(C(=O)OC(C)(C)C)[C@@H](C)C3)c12. The fourth-order valence-corrected chi connectivity index (χ4v) is 3.08. The highest BCUT2D eigenvalue weighted by atomic mass is 16.6. The van der Waals surface area contributed by atoms with Crippen LogP contribution in [0.4, 0.5) is 10.6 Å². The molecule has 0 aliphatic carbocycles. The molecule has 2 aromatic rings. The Morgan fingerprint density at radius 1 is 1.33 bits per heavy atom. The van der Waals surface area contributed by atoms with Crippen molar-refractivity contribution in [3.05, 3.63) is 18.1 Å². The molecule has 0 aromatic carbocycles. The highest BCUT2D eigenvalue weighted by molar-refractivity contribution is 5.90. The molecule has 3 rings (SSSR count). The minimum absolute atomic E-state index is 0.0536. The normalized spacial score (nSPS) is 19.0. The van der Waals surface area contributed by atoms with E-state index >= 15 is 0 Å². The van der Waals surface area contributed by atoms with Crippen molar-refractivity contribution < 1.29 is 9.53 Å². The topological polar surface area (TPSA) is 74.4 Å². The van der Waals surface area contributed by atoms with E-state index in [0.29, 0.717) is 6.54 Å². The summed E-state index contributed by atoms with van der Waals surface area (Å²) < 4.78 is 5.50. The van der Waals surface area contributed by atoms with Crippen LogP contribution in [0.15, 0.2) is 12.5 Å². The van der Waals surface area contributed by atoms with E-state index in [1.807, 2.05) is 40.8 Å². The Morgan fingerprint density at radius 3 is 2.75 bits per heavy atom. The molecule has 1 amide bonds. The van der Waals surface area contributed by atoms with Crippen LogP contribution in [0.25, 0.3) is 11.0 Å². The van der Waals surface area contributed by atoms with Gasteiger partial charge >= 0.3 is 6.09 Å². The lowest BCUT2D eigenvalue weighted by Gasteiger charge is -2.40. The van der Waals surface area contributed by atoms with E-state index < -0.39 is 5.60 Å². The Labute approximate surface area is 142 Å². The number of nitrogens with one attached hydrogen (secondary N) is 1. The fraction of sp³-hybridized carbons (Fsp3) is 0.588. The van der Waals surface area contributed by atoms with Gasteiger partial charge in [-0.1, -0.05) is 0 Å². The maximum atomic E-state index is 12.3. The second-order valence-electron chi connectivity index (χ2n) is 7.36. The molecule has 1 atom stereocenters. The van der Waals surface area contributed by atoms with E-state index in [9.17, 15) is 4.79 Å². The van der Waals surface area contributed by atoms with E-state index in [0.717, 1.165) is 35.5 Å². The van der Waals surface area contributed by atoms with Gasteiger partial charge in [-0.15, -0.1) is 0 Å². The number of carbonyl (C=O) groups excluding carboxylic acids is 1. The van der Waals surface area contributed by atoms with Gasteiger partial charge in [-0.05, 0) is 40.2 Å². The number of amides is 1. The number of nitrogens with zero attached hydrogens (tertiary/aromatic N) is 4. The minimum Gasteiger partial charge on any atom is -0.444 e. The molecular formula is C17H25N5O2. The van der Waals surface area contributed by atoms with Crippen molar-refractivity contribution in [2.45, 2.75) is 46.3 Å². The van der Waals surface area contributed by atoms with Crippen LogP contribution in [0.1, 0.15) is 33.3 Å². The van der Waals surface area contributed by atoms with Gasteiger partial charge in [0.05, 0.1) is 5.39 Å². The Morgan fingerprint density at radius 2 is 2.08 bits per heavy atom. The summed E-state index contributed by atoms with van der Waals surface area (Å²) in [5, 5.41) is 1.05. The number of aromatic nitrogens is 3. The summed E-state index contributed by atoms with van der Waals surface area (Å²) in [6.07, 6.45) is 3.28. The molecule has 7 heteroatoms. The summed E-state index contributed by atoms with van der Waals surface area (Å²) in [7, 11) is 0. The standard InChI is InChI=1S/C17H25N5O2/c1-11-8-18-14-13(11)15(20-10-19-14)21-6-7-22(12(2)9-21)16(23)24-17(3,4)5/h8,10,12H,6-7,9H2,1-5H3,(H,18,19,20)/t12-/m0/s1. The van der Waals surface area contributed by atoms with E-state index in [1.165, 1.54) is 0 Å². The Balaban J connectivity index is 1.78. The number of anilines is 1. The molecule has 1 fully saturated rings. The van der Waals surface area contributed by atoms with Crippen LogP contribution in [-0.4, -0.2) is 57.2 Å². The summed E-state index contributed by atoms with van der Waals surface area (Å²) in [6.45, 7) is 11.8. The second kappa shape index (κ2) is 5.96. The highest BCUT2D eigenvalue weighted by Gasteiger charge is 2.32. The molecule has 7 nitrogen and oxygen atoms in total. The third-order valence-corrected chi connectivity index (χ3v) is 4.20. The molecule has 0 spiro atoms. The molecule has 0 unspecified atom stereocenters. The number of rotatable bonds is 1. The Kier molecular flexibility index (Phi) is 4.11. The molecule has 130 valence electrons. The number of carbonyl (C=O) groups is 1. The quantitative estimate of drug-likeness (QED) is 0.869. The van der Waals surface area contributed by atoms with E-state index in [-0.39, 0.29) is 12.1 Å². The lowest BCUT2D eigenvalue weighted by Crippen LogP contribution is -2.55. The van der Waals surface area contributed by atoms with Gasteiger partial charge in [0.15, 0.2) is 0 Å². The molecule has 1 aliphatic rings. The van der Waals surface area contributed by atoms with Crippen LogP contribution in [0.2, 0.25) is 0 Å². The summed E-state index contributed by atoms with van der Waals surface area (Å²) in [4.78, 5) is 28.3. The lowest BCUT2D eigenvalue weighted by molar-refractivity contribution is 0.0159. The molecule has 1 aliphatic heterocycles. The predicted octanol–water partition coefficient (Wildman–Crippen LogP) is 2.71. The first-order valence-corrected chi connectivity index (χ1v) is 8.29. The smallest absolute Gasteiger partial charge is 0.410 e. The molecule has 1 saturated heterocycles. The number of piperazine rings is 1. The number of hydrogen-bond donors (Lipinski definition) is 1. The molecule has 3 heterocycles. The zero-order chi connectivity index (χ0) is 17.5. The maximum Gasteiger partial charge on any atom is 0.410 e. The average molecular weight is 331 g/mol. The molecule has 0 bridgehead atoms. The fourth-order valence-electron chi connectivity index (χ4n) is 3.08. The van der Waals surface area contributed by atoms with Crippen LogP contribution in [0.3, 0.4) is 0 Å². The van der Waals surface area contributed by atoms with Gasteiger partial charge in [0.1, 0.15) is 23.4 Å². The number of aromatic amines is 1. The molecule has 24 heavy (non-hydrogen) atoms. The number of hydrogen-bond acceptors (Lipinski definition) is 5. The van der Waals surface area contributed by atoms with Crippen LogP contribution in [0, 0.1) is 6.92 Å². The number of H-pyrrole nitrogens is 1. The molecular weight excluding hydrogens is 306 g/mol. The third kappa shape index (κ3) is 3.16. The van der Waals surface area contributed by atoms with Crippen molar-refractivity contribution >= 4 is 22.9 Å². The zero-order valence-corrected chi connectivity index (χ0v) is 15.0. The molecule has 1 N–H and O–H groups in total. The van der Waals surface area contributed by atoms with Gasteiger partial charge in [-0.3, -0.25) is 0 Å². The summed E-state index contributed by atoms with van der Waals surface area (Å²) >= 11 is 0. The zero-order valence-electron chi connectivity index (χ0n) is 15.0. The maximum absolute atomic E-state index is 12.3. The van der Waals surface area contributed by atoms with Crippen molar-refractivity contribution in [3.63, 3.8) is 0 Å². The summed E-state index contributed by atoms with van der Waals surface area (Å²) in [5.74, 6) is 0.925. The number of aryl methyl sites for hydroxylation is 1. The van der Waals surface area contributed by atoms with E-state index in [1.54, 1.807) is 11.2 Å². The van der Waals surface area contributed by atoms with Crippen molar-refractivity contribution in [2.75, 3.05) is 24.5 Å². The first-order chi connectivity index (χ1) is 11.3. The largest absolute Gasteiger partial charge is 0.444 e. The van der Waals surface area contributed by atoms with Crippen molar-refractivity contribution in [1.82, 2.24) is 19.9 Å². The lowest BCUT2D eigenvalue weighted by atomic mass is 10.1. The minimum atomic E-state index is -0.477. The third-order valence-electron chi connectivity index (χ3n) is 4.20. The van der Waals surface area contributed by atoms with Gasteiger partial charge in [0.25, 0.3) is 0 Å². The summed E-state index contributed by atoms with van der Waals surface area (Å²) in [5.41, 5.74) is 1.50. The van der Waals surface area contributed by atoms with Crippen LogP contribution < -0.4 is 4.90 Å². The average Bonchev–Trinajstić information content (AvgIpc) is 2.87. The van der Waals surface area contributed by atoms with Crippen LogP contribution in [0.5, 0.6) is 0 Å². The van der Waals surface area contributed by atoms with E-state index in [4.69, 9.17) is 4.74 Å².